The van der Waals surface area contributed by atoms with Crippen LogP contribution in [0.2, 0.25) is 0 Å². The standard InChI is InChI=1S/C15H22N2O/c1-12-7-5-6-10-14(12)16-11-15(18)17-13-8-3-2-4-9-13/h2-4,8-9,12,14,16H,5-7,10-11H2,1H3,(H,17,18). The van der Waals surface area contributed by atoms with Crippen molar-refractivity contribution in [3.63, 3.8) is 0 Å². The minimum Gasteiger partial charge on any atom is -0.325 e. The molecule has 0 radical (unpaired) electrons. The van der Waals surface area contributed by atoms with Gasteiger partial charge in [-0.25, -0.2) is 0 Å². The van der Waals surface area contributed by atoms with E-state index in [4.69, 9.17) is 0 Å². The van der Waals surface area contributed by atoms with E-state index in [1.54, 1.807) is 0 Å². The molecule has 2 rings (SSSR count). The van der Waals surface area contributed by atoms with Crippen LogP contribution in [0.4, 0.5) is 5.69 Å². The molecule has 1 aliphatic rings. The van der Waals surface area contributed by atoms with Crippen molar-refractivity contribution in [2.45, 2.75) is 38.6 Å². The maximum Gasteiger partial charge on any atom is 0.238 e. The summed E-state index contributed by atoms with van der Waals surface area (Å²) in [5.41, 5.74) is 0.862. The van der Waals surface area contributed by atoms with Crippen molar-refractivity contribution in [3.8, 4) is 0 Å². The normalized spacial score (nSPS) is 23.6. The Balaban J connectivity index is 1.74. The van der Waals surface area contributed by atoms with Gasteiger partial charge in [0.1, 0.15) is 0 Å². The van der Waals surface area contributed by atoms with Crippen LogP contribution < -0.4 is 10.6 Å². The van der Waals surface area contributed by atoms with Crippen molar-refractivity contribution < 1.29 is 4.79 Å². The van der Waals surface area contributed by atoms with Crippen LogP contribution in [0.25, 0.3) is 0 Å². The molecule has 1 aliphatic carbocycles. The molecule has 0 bridgehead atoms. The highest BCUT2D eigenvalue weighted by atomic mass is 16.1. The third-order valence-corrected chi connectivity index (χ3v) is 3.69. The monoisotopic (exact) mass is 246 g/mol. The zero-order valence-electron chi connectivity index (χ0n) is 11.0. The van der Waals surface area contributed by atoms with Gasteiger partial charge in [0.05, 0.1) is 6.54 Å². The second-order valence-electron chi connectivity index (χ2n) is 5.16. The molecule has 0 saturated heterocycles. The average molecular weight is 246 g/mol. The third-order valence-electron chi connectivity index (χ3n) is 3.69. The van der Waals surface area contributed by atoms with E-state index < -0.39 is 0 Å². The summed E-state index contributed by atoms with van der Waals surface area (Å²) in [6.45, 7) is 2.68. The fourth-order valence-corrected chi connectivity index (χ4v) is 2.57. The summed E-state index contributed by atoms with van der Waals surface area (Å²) in [6, 6.07) is 10.1. The zero-order valence-corrected chi connectivity index (χ0v) is 11.0. The molecular formula is C15H22N2O. The highest BCUT2D eigenvalue weighted by molar-refractivity contribution is 5.92. The fourth-order valence-electron chi connectivity index (χ4n) is 2.57. The maximum atomic E-state index is 11.8. The molecule has 1 fully saturated rings. The second-order valence-corrected chi connectivity index (χ2v) is 5.16. The molecule has 2 atom stereocenters. The van der Waals surface area contributed by atoms with Gasteiger partial charge in [-0.2, -0.15) is 0 Å². The molecule has 0 spiro atoms. The third kappa shape index (κ3) is 3.84. The molecule has 1 aromatic carbocycles. The van der Waals surface area contributed by atoms with Crippen molar-refractivity contribution in [1.29, 1.82) is 0 Å². The Morgan fingerprint density at radius 3 is 2.67 bits per heavy atom. The van der Waals surface area contributed by atoms with Crippen molar-refractivity contribution >= 4 is 11.6 Å². The fraction of sp³-hybridized carbons (Fsp3) is 0.533. The van der Waals surface area contributed by atoms with Gasteiger partial charge in [-0.1, -0.05) is 38.0 Å². The van der Waals surface area contributed by atoms with Crippen molar-refractivity contribution in [2.24, 2.45) is 5.92 Å². The van der Waals surface area contributed by atoms with E-state index in [0.29, 0.717) is 18.5 Å². The minimum absolute atomic E-state index is 0.0407. The van der Waals surface area contributed by atoms with Gasteiger partial charge in [0.25, 0.3) is 0 Å². The first-order chi connectivity index (χ1) is 8.75. The van der Waals surface area contributed by atoms with Gasteiger partial charge < -0.3 is 10.6 Å². The predicted molar refractivity (Wildman–Crippen MR) is 74.5 cm³/mol. The van der Waals surface area contributed by atoms with Crippen LogP contribution in [0.5, 0.6) is 0 Å². The summed E-state index contributed by atoms with van der Waals surface area (Å²) in [7, 11) is 0. The molecule has 0 heterocycles. The van der Waals surface area contributed by atoms with Crippen molar-refractivity contribution in [2.75, 3.05) is 11.9 Å². The lowest BCUT2D eigenvalue weighted by Gasteiger charge is -2.29. The first kappa shape index (κ1) is 13.1. The van der Waals surface area contributed by atoms with Crippen LogP contribution in [0.15, 0.2) is 30.3 Å². The van der Waals surface area contributed by atoms with Crippen LogP contribution >= 0.6 is 0 Å². The number of amides is 1. The Bertz CT molecular complexity index is 377. The molecular weight excluding hydrogens is 224 g/mol. The highest BCUT2D eigenvalue weighted by Crippen LogP contribution is 2.23. The van der Waals surface area contributed by atoms with Gasteiger partial charge in [-0.05, 0) is 30.9 Å². The average Bonchev–Trinajstić information content (AvgIpc) is 2.39. The molecule has 2 N–H and O–H groups in total. The second kappa shape index (κ2) is 6.55. The topological polar surface area (TPSA) is 41.1 Å². The van der Waals surface area contributed by atoms with Crippen LogP contribution in [0, 0.1) is 5.92 Å². The first-order valence-corrected chi connectivity index (χ1v) is 6.84. The van der Waals surface area contributed by atoms with Gasteiger partial charge in [0, 0.05) is 11.7 Å². The van der Waals surface area contributed by atoms with Gasteiger partial charge in [-0.15, -0.1) is 0 Å². The highest BCUT2D eigenvalue weighted by Gasteiger charge is 2.21. The zero-order chi connectivity index (χ0) is 12.8. The molecule has 1 amide bonds. The summed E-state index contributed by atoms with van der Waals surface area (Å²) in [6.07, 6.45) is 5.08. The predicted octanol–water partition coefficient (Wildman–Crippen LogP) is 2.79. The molecule has 18 heavy (non-hydrogen) atoms. The van der Waals surface area contributed by atoms with E-state index >= 15 is 0 Å². The van der Waals surface area contributed by atoms with Crippen LogP contribution in [0.3, 0.4) is 0 Å². The van der Waals surface area contributed by atoms with Gasteiger partial charge >= 0.3 is 0 Å². The summed E-state index contributed by atoms with van der Waals surface area (Å²) >= 11 is 0. The summed E-state index contributed by atoms with van der Waals surface area (Å²) in [4.78, 5) is 11.8. The molecule has 0 aromatic heterocycles. The minimum atomic E-state index is 0.0407. The number of nitrogens with one attached hydrogen (secondary N) is 2. The summed E-state index contributed by atoms with van der Waals surface area (Å²) in [5.74, 6) is 0.724. The molecule has 1 aromatic rings. The lowest BCUT2D eigenvalue weighted by molar-refractivity contribution is -0.115. The van der Waals surface area contributed by atoms with Crippen molar-refractivity contribution in [3.05, 3.63) is 30.3 Å². The van der Waals surface area contributed by atoms with Crippen molar-refractivity contribution in [1.82, 2.24) is 5.32 Å². The number of benzene rings is 1. The Labute approximate surface area is 109 Å². The quantitative estimate of drug-likeness (QED) is 0.857. The SMILES string of the molecule is CC1CCCCC1NCC(=O)Nc1ccccc1. The number of anilines is 1. The Morgan fingerprint density at radius 1 is 1.22 bits per heavy atom. The number of carbonyl (C=O) groups excluding carboxylic acids is 1. The van der Waals surface area contributed by atoms with Gasteiger partial charge in [-0.3, -0.25) is 4.79 Å². The number of rotatable bonds is 4. The number of hydrogen-bond acceptors (Lipinski definition) is 2. The summed E-state index contributed by atoms with van der Waals surface area (Å²) in [5, 5.41) is 6.27. The smallest absolute Gasteiger partial charge is 0.238 e. The number of carbonyl (C=O) groups is 1. The van der Waals surface area contributed by atoms with E-state index in [0.717, 1.165) is 5.69 Å². The van der Waals surface area contributed by atoms with E-state index in [9.17, 15) is 4.79 Å². The number of para-hydroxylation sites is 1. The van der Waals surface area contributed by atoms with E-state index in [1.165, 1.54) is 25.7 Å². The number of hydrogen-bond donors (Lipinski definition) is 2. The first-order valence-electron chi connectivity index (χ1n) is 6.84. The molecule has 3 heteroatoms. The molecule has 0 aliphatic heterocycles. The van der Waals surface area contributed by atoms with Gasteiger partial charge in [0.15, 0.2) is 0 Å². The molecule has 3 nitrogen and oxygen atoms in total. The van der Waals surface area contributed by atoms with E-state index in [1.807, 2.05) is 30.3 Å². The molecule has 1 saturated carbocycles. The van der Waals surface area contributed by atoms with E-state index in [2.05, 4.69) is 17.6 Å². The largest absolute Gasteiger partial charge is 0.325 e. The molecule has 2 unspecified atom stereocenters. The van der Waals surface area contributed by atoms with Gasteiger partial charge in [0.2, 0.25) is 5.91 Å². The lowest BCUT2D eigenvalue weighted by atomic mass is 9.86. The summed E-state index contributed by atoms with van der Waals surface area (Å²) < 4.78 is 0. The Hall–Kier alpha value is -1.35. The van der Waals surface area contributed by atoms with Crippen LogP contribution in [-0.2, 0) is 4.79 Å². The maximum absolute atomic E-state index is 11.8. The van der Waals surface area contributed by atoms with Crippen LogP contribution in [-0.4, -0.2) is 18.5 Å². The molecule has 98 valence electrons. The lowest BCUT2D eigenvalue weighted by Crippen LogP contribution is -2.41. The van der Waals surface area contributed by atoms with Crippen LogP contribution in [0.1, 0.15) is 32.6 Å². The van der Waals surface area contributed by atoms with E-state index in [-0.39, 0.29) is 5.91 Å². The Morgan fingerprint density at radius 2 is 1.94 bits per heavy atom. The Kier molecular flexibility index (Phi) is 4.76.